The zero-order valence-electron chi connectivity index (χ0n) is 14.7. The fourth-order valence-electron chi connectivity index (χ4n) is 3.18. The minimum absolute atomic E-state index is 0.0238. The second kappa shape index (κ2) is 7.41. The van der Waals surface area contributed by atoms with Gasteiger partial charge in [-0.2, -0.15) is 0 Å². The molecule has 0 atom stereocenters. The van der Waals surface area contributed by atoms with Crippen LogP contribution in [0.2, 0.25) is 0 Å². The summed E-state index contributed by atoms with van der Waals surface area (Å²) in [6, 6.07) is 7.43. The topological polar surface area (TPSA) is 99.8 Å². The first-order valence-corrected chi connectivity index (χ1v) is 8.84. The molecule has 0 saturated heterocycles. The molecule has 1 aliphatic carbocycles. The third-order valence-corrected chi connectivity index (χ3v) is 4.53. The molecule has 27 heavy (non-hydrogen) atoms. The van der Waals surface area contributed by atoms with Gasteiger partial charge in [0.1, 0.15) is 5.82 Å². The lowest BCUT2D eigenvalue weighted by Gasteiger charge is -2.12. The van der Waals surface area contributed by atoms with Crippen molar-refractivity contribution >= 4 is 23.2 Å². The number of fused-ring (bicyclic) bond motifs is 1. The maximum atomic E-state index is 12.6. The molecular weight excluding hydrogens is 342 g/mol. The van der Waals surface area contributed by atoms with E-state index in [0.717, 1.165) is 24.1 Å². The number of nitrogens with one attached hydrogen (secondary N) is 3. The van der Waals surface area contributed by atoms with E-state index in [4.69, 9.17) is 0 Å². The molecule has 0 saturated carbocycles. The maximum Gasteiger partial charge on any atom is 0.257 e. The third-order valence-electron chi connectivity index (χ3n) is 4.53. The van der Waals surface area contributed by atoms with Gasteiger partial charge < -0.3 is 15.6 Å². The molecule has 0 aliphatic heterocycles. The van der Waals surface area contributed by atoms with E-state index < -0.39 is 0 Å². The molecule has 0 bridgehead atoms. The number of carbonyl (C=O) groups is 2. The van der Waals surface area contributed by atoms with Crippen LogP contribution in [0.15, 0.2) is 49.1 Å². The van der Waals surface area contributed by atoms with Gasteiger partial charge in [-0.05, 0) is 36.6 Å². The number of carbonyl (C=O) groups excluding carboxylic acids is 2. The van der Waals surface area contributed by atoms with Crippen LogP contribution in [-0.4, -0.2) is 26.6 Å². The average molecular weight is 361 g/mol. The van der Waals surface area contributed by atoms with Crippen LogP contribution in [0.25, 0.3) is 0 Å². The number of ketones is 1. The highest BCUT2D eigenvalue weighted by Gasteiger charge is 2.25. The van der Waals surface area contributed by atoms with Crippen molar-refractivity contribution in [1.82, 2.24) is 15.0 Å². The van der Waals surface area contributed by atoms with Crippen molar-refractivity contribution in [3.8, 4) is 0 Å². The molecule has 0 aromatic carbocycles. The first-order valence-electron chi connectivity index (χ1n) is 8.84. The number of Topliss-reactive ketones (excluding diaryl/α,β-unsaturated/α-hetero) is 1. The highest BCUT2D eigenvalue weighted by atomic mass is 16.2. The quantitative estimate of drug-likeness (QED) is 0.648. The smallest absolute Gasteiger partial charge is 0.257 e. The van der Waals surface area contributed by atoms with Crippen molar-refractivity contribution in [1.29, 1.82) is 0 Å². The van der Waals surface area contributed by atoms with Gasteiger partial charge in [0.25, 0.3) is 5.91 Å². The van der Waals surface area contributed by atoms with Crippen molar-refractivity contribution in [3.63, 3.8) is 0 Å². The number of rotatable bonds is 5. The number of aromatic amines is 1. The molecule has 7 nitrogen and oxygen atoms in total. The van der Waals surface area contributed by atoms with E-state index in [2.05, 4.69) is 25.6 Å². The van der Waals surface area contributed by atoms with Crippen LogP contribution in [0.5, 0.6) is 0 Å². The monoisotopic (exact) mass is 361 g/mol. The largest absolute Gasteiger partial charge is 0.366 e. The summed E-state index contributed by atoms with van der Waals surface area (Å²) in [5.74, 6) is 0.419. The minimum Gasteiger partial charge on any atom is -0.366 e. The van der Waals surface area contributed by atoms with Crippen LogP contribution < -0.4 is 10.6 Å². The van der Waals surface area contributed by atoms with E-state index in [0.29, 0.717) is 35.6 Å². The number of anilines is 2. The molecule has 3 heterocycles. The number of H-pyrrole nitrogens is 1. The first kappa shape index (κ1) is 17.0. The molecule has 7 heteroatoms. The number of aromatic nitrogens is 3. The molecule has 4 rings (SSSR count). The molecule has 3 N–H and O–H groups in total. The molecule has 0 spiro atoms. The van der Waals surface area contributed by atoms with Gasteiger partial charge >= 0.3 is 0 Å². The normalized spacial score (nSPS) is 13.1. The highest BCUT2D eigenvalue weighted by molar-refractivity contribution is 6.13. The molecule has 3 aromatic rings. The van der Waals surface area contributed by atoms with E-state index in [9.17, 15) is 9.59 Å². The van der Waals surface area contributed by atoms with Gasteiger partial charge in [0.2, 0.25) is 0 Å². The summed E-state index contributed by atoms with van der Waals surface area (Å²) in [7, 11) is 0. The van der Waals surface area contributed by atoms with E-state index in [1.165, 1.54) is 0 Å². The Balaban J connectivity index is 1.41. The molecule has 136 valence electrons. The summed E-state index contributed by atoms with van der Waals surface area (Å²) in [6.45, 7) is 0.615. The van der Waals surface area contributed by atoms with Gasteiger partial charge in [-0.15, -0.1) is 0 Å². The zero-order chi connectivity index (χ0) is 18.6. The van der Waals surface area contributed by atoms with Crippen LogP contribution in [0, 0.1) is 0 Å². The van der Waals surface area contributed by atoms with Crippen LogP contribution in [0.1, 0.15) is 44.8 Å². The first-order chi connectivity index (χ1) is 13.2. The van der Waals surface area contributed by atoms with Crippen molar-refractivity contribution in [3.05, 3.63) is 71.4 Å². The SMILES string of the molecule is O=C(Nc1ccc(NCc2cccnc2)nc1)c1c[nH]c2c1C(=O)CCC2. The predicted octanol–water partition coefficient (Wildman–Crippen LogP) is 3.19. The van der Waals surface area contributed by atoms with Gasteiger partial charge in [-0.3, -0.25) is 14.6 Å². The lowest BCUT2D eigenvalue weighted by molar-refractivity contribution is 0.0956. The Morgan fingerprint density at radius 2 is 2.11 bits per heavy atom. The summed E-state index contributed by atoms with van der Waals surface area (Å²) in [5.41, 5.74) is 3.41. The Morgan fingerprint density at radius 1 is 1.19 bits per heavy atom. The minimum atomic E-state index is -0.305. The summed E-state index contributed by atoms with van der Waals surface area (Å²) < 4.78 is 0. The molecule has 0 radical (unpaired) electrons. The van der Waals surface area contributed by atoms with Gasteiger partial charge in [-0.1, -0.05) is 6.07 Å². The molecule has 3 aromatic heterocycles. The number of hydrogen-bond donors (Lipinski definition) is 3. The second-order valence-corrected chi connectivity index (χ2v) is 6.43. The van der Waals surface area contributed by atoms with Crippen molar-refractivity contribution in [2.75, 3.05) is 10.6 Å². The average Bonchev–Trinajstić information content (AvgIpc) is 3.14. The Bertz CT molecular complexity index is 964. The van der Waals surface area contributed by atoms with E-state index in [-0.39, 0.29) is 11.7 Å². The molecule has 0 fully saturated rings. The number of nitrogens with zero attached hydrogens (tertiary/aromatic N) is 2. The van der Waals surface area contributed by atoms with Gasteiger partial charge in [-0.25, -0.2) is 4.98 Å². The highest BCUT2D eigenvalue weighted by Crippen LogP contribution is 2.24. The Hall–Kier alpha value is -3.48. The lowest BCUT2D eigenvalue weighted by Crippen LogP contribution is -2.18. The molecule has 0 unspecified atom stereocenters. The molecular formula is C20H19N5O2. The fourth-order valence-corrected chi connectivity index (χ4v) is 3.18. The number of aryl methyl sites for hydroxylation is 1. The van der Waals surface area contributed by atoms with Crippen LogP contribution in [0.3, 0.4) is 0 Å². The maximum absolute atomic E-state index is 12.6. The van der Waals surface area contributed by atoms with Gasteiger partial charge in [0.05, 0.1) is 23.0 Å². The van der Waals surface area contributed by atoms with Gasteiger partial charge in [0, 0.05) is 37.3 Å². The summed E-state index contributed by atoms with van der Waals surface area (Å²) in [5, 5.41) is 6.01. The lowest BCUT2D eigenvalue weighted by atomic mass is 9.93. The van der Waals surface area contributed by atoms with Crippen molar-refractivity contribution in [2.24, 2.45) is 0 Å². The summed E-state index contributed by atoms with van der Waals surface area (Å²) >= 11 is 0. The van der Waals surface area contributed by atoms with E-state index in [1.807, 2.05) is 12.1 Å². The fraction of sp³-hybridized carbons (Fsp3) is 0.200. The predicted molar refractivity (Wildman–Crippen MR) is 102 cm³/mol. The Labute approximate surface area is 156 Å². The number of amides is 1. The number of hydrogen-bond acceptors (Lipinski definition) is 5. The zero-order valence-corrected chi connectivity index (χ0v) is 14.7. The van der Waals surface area contributed by atoms with E-state index >= 15 is 0 Å². The van der Waals surface area contributed by atoms with Crippen LogP contribution in [0.4, 0.5) is 11.5 Å². The Kier molecular flexibility index (Phi) is 4.65. The van der Waals surface area contributed by atoms with Crippen molar-refractivity contribution in [2.45, 2.75) is 25.8 Å². The van der Waals surface area contributed by atoms with Crippen LogP contribution in [-0.2, 0) is 13.0 Å². The molecule has 1 amide bonds. The van der Waals surface area contributed by atoms with E-state index in [1.54, 1.807) is 36.9 Å². The molecule has 1 aliphatic rings. The summed E-state index contributed by atoms with van der Waals surface area (Å²) in [6.07, 6.45) is 8.84. The third kappa shape index (κ3) is 3.72. The van der Waals surface area contributed by atoms with Gasteiger partial charge in [0.15, 0.2) is 5.78 Å². The van der Waals surface area contributed by atoms with Crippen molar-refractivity contribution < 1.29 is 9.59 Å². The van der Waals surface area contributed by atoms with Crippen LogP contribution >= 0.6 is 0 Å². The Morgan fingerprint density at radius 3 is 2.89 bits per heavy atom. The second-order valence-electron chi connectivity index (χ2n) is 6.43. The standard InChI is InChI=1S/C20H19N5O2/c26-17-5-1-4-16-19(17)15(12-22-16)20(27)25-14-6-7-18(24-11-14)23-10-13-3-2-8-21-9-13/h2-3,6-9,11-12,22H,1,4-5,10H2,(H,23,24)(H,25,27). The summed E-state index contributed by atoms with van der Waals surface area (Å²) in [4.78, 5) is 36.1. The number of pyridine rings is 2.